The molecule has 1 N–H and O–H groups in total. The molecule has 0 atom stereocenters. The maximum Gasteiger partial charge on any atom is 0.234 e. The van der Waals surface area contributed by atoms with Gasteiger partial charge in [-0.1, -0.05) is 12.2 Å². The molecular formula is C4H7NOS2. The molecule has 0 aliphatic carbocycles. The molecule has 0 bridgehead atoms. The van der Waals surface area contributed by atoms with Gasteiger partial charge in [-0.3, -0.25) is 4.79 Å². The van der Waals surface area contributed by atoms with Crippen LogP contribution in [0, 0.1) is 0 Å². The fourth-order valence-electron chi connectivity index (χ4n) is 0.238. The maximum atomic E-state index is 10.4. The lowest BCUT2D eigenvalue weighted by atomic mass is 10.7. The zero-order valence-electron chi connectivity index (χ0n) is 4.51. The lowest BCUT2D eigenvalue weighted by Crippen LogP contribution is -2.21. The Kier molecular flexibility index (Phi) is 5.00. The number of hydrogen-bond acceptors (Lipinski definition) is 3. The van der Waals surface area contributed by atoms with Gasteiger partial charge < -0.3 is 5.32 Å². The molecule has 2 nitrogen and oxygen atoms in total. The Morgan fingerprint density at radius 2 is 2.62 bits per heavy atom. The van der Waals surface area contributed by atoms with E-state index >= 15 is 0 Å². The van der Waals surface area contributed by atoms with E-state index in [-0.39, 0.29) is 5.91 Å². The van der Waals surface area contributed by atoms with Gasteiger partial charge in [0.05, 0.1) is 11.2 Å². The van der Waals surface area contributed by atoms with Gasteiger partial charge in [-0.05, 0) is 6.26 Å². The van der Waals surface area contributed by atoms with E-state index in [1.54, 1.807) is 0 Å². The zero-order valence-corrected chi connectivity index (χ0v) is 6.14. The summed E-state index contributed by atoms with van der Waals surface area (Å²) >= 11 is 5.85. The minimum Gasteiger partial charge on any atom is -0.322 e. The van der Waals surface area contributed by atoms with Crippen molar-refractivity contribution < 1.29 is 4.79 Å². The molecular weight excluding hydrogens is 142 g/mol. The van der Waals surface area contributed by atoms with Crippen molar-refractivity contribution in [3.8, 4) is 0 Å². The van der Waals surface area contributed by atoms with Crippen molar-refractivity contribution in [1.29, 1.82) is 0 Å². The molecule has 0 spiro atoms. The van der Waals surface area contributed by atoms with Crippen molar-refractivity contribution in [3.05, 3.63) is 0 Å². The van der Waals surface area contributed by atoms with E-state index in [9.17, 15) is 4.79 Å². The van der Waals surface area contributed by atoms with E-state index < -0.39 is 0 Å². The number of amides is 1. The van der Waals surface area contributed by atoms with Gasteiger partial charge in [0.2, 0.25) is 5.91 Å². The number of nitrogens with one attached hydrogen (secondary N) is 1. The standard InChI is InChI=1S/C4H7NOS2/c1-8-2-4(6)5-3-7/h3H,2H2,1H3,(H,5,6,7). The summed E-state index contributed by atoms with van der Waals surface area (Å²) < 4.78 is 0. The van der Waals surface area contributed by atoms with Crippen molar-refractivity contribution in [2.75, 3.05) is 12.0 Å². The van der Waals surface area contributed by atoms with Crippen molar-refractivity contribution in [1.82, 2.24) is 5.32 Å². The highest BCUT2D eigenvalue weighted by Gasteiger charge is 1.92. The smallest absolute Gasteiger partial charge is 0.234 e. The quantitative estimate of drug-likeness (QED) is 0.590. The fraction of sp³-hybridized carbons (Fsp3) is 0.500. The molecule has 0 aromatic rings. The van der Waals surface area contributed by atoms with Crippen LogP contribution in [0.1, 0.15) is 0 Å². The molecule has 46 valence electrons. The number of carbonyl (C=O) groups is 1. The molecule has 0 fully saturated rings. The summed E-state index contributed by atoms with van der Waals surface area (Å²) in [4.78, 5) is 10.4. The normalized spacial score (nSPS) is 8.12. The fourth-order valence-corrected chi connectivity index (χ4v) is 0.715. The molecule has 0 aliphatic rings. The second kappa shape index (κ2) is 5.05. The molecule has 0 radical (unpaired) electrons. The number of thioether (sulfide) groups is 1. The first kappa shape index (κ1) is 7.91. The second-order valence-corrected chi connectivity index (χ2v) is 2.22. The maximum absolute atomic E-state index is 10.4. The molecule has 0 saturated heterocycles. The Balaban J connectivity index is 3.18. The Bertz CT molecular complexity index is 94.0. The molecule has 0 aromatic carbocycles. The van der Waals surface area contributed by atoms with Crippen LogP contribution in [0.2, 0.25) is 0 Å². The minimum absolute atomic E-state index is 0.0347. The molecule has 1 amide bonds. The summed E-state index contributed by atoms with van der Waals surface area (Å²) in [6.45, 7) is 0. The summed E-state index contributed by atoms with van der Waals surface area (Å²) in [6.07, 6.45) is 1.86. The number of thiocarbonyl (C=S) groups is 1. The monoisotopic (exact) mass is 149 g/mol. The van der Waals surface area contributed by atoms with Gasteiger partial charge in [0.15, 0.2) is 0 Å². The lowest BCUT2D eigenvalue weighted by Gasteiger charge is -1.91. The van der Waals surface area contributed by atoms with Gasteiger partial charge in [0.25, 0.3) is 0 Å². The minimum atomic E-state index is -0.0347. The molecule has 0 rings (SSSR count). The van der Waals surface area contributed by atoms with E-state index in [4.69, 9.17) is 0 Å². The van der Waals surface area contributed by atoms with Crippen LogP contribution in [-0.4, -0.2) is 23.4 Å². The molecule has 8 heavy (non-hydrogen) atoms. The molecule has 0 aromatic heterocycles. The van der Waals surface area contributed by atoms with E-state index in [1.165, 1.54) is 17.3 Å². The highest BCUT2D eigenvalue weighted by Crippen LogP contribution is 1.87. The van der Waals surface area contributed by atoms with Crippen LogP contribution >= 0.6 is 24.0 Å². The zero-order chi connectivity index (χ0) is 6.41. The largest absolute Gasteiger partial charge is 0.322 e. The first-order valence-electron chi connectivity index (χ1n) is 2.03. The van der Waals surface area contributed by atoms with Gasteiger partial charge in [0.1, 0.15) is 0 Å². The molecule has 0 aliphatic heterocycles. The van der Waals surface area contributed by atoms with Crippen molar-refractivity contribution in [2.45, 2.75) is 0 Å². The van der Waals surface area contributed by atoms with Crippen molar-refractivity contribution in [3.63, 3.8) is 0 Å². The Morgan fingerprint density at radius 1 is 2.00 bits per heavy atom. The third-order valence-electron chi connectivity index (χ3n) is 0.495. The molecule has 0 unspecified atom stereocenters. The first-order chi connectivity index (χ1) is 3.81. The van der Waals surface area contributed by atoms with Gasteiger partial charge in [-0.2, -0.15) is 11.8 Å². The third kappa shape index (κ3) is 4.08. The Hall–Kier alpha value is -0.0900. The van der Waals surface area contributed by atoms with Crippen LogP contribution in [0.3, 0.4) is 0 Å². The van der Waals surface area contributed by atoms with Crippen LogP contribution in [-0.2, 0) is 4.79 Å². The van der Waals surface area contributed by atoms with Gasteiger partial charge in [0, 0.05) is 0 Å². The number of rotatable bonds is 3. The number of carbonyl (C=O) groups excluding carboxylic acids is 1. The van der Waals surface area contributed by atoms with Crippen LogP contribution < -0.4 is 5.32 Å². The van der Waals surface area contributed by atoms with Gasteiger partial charge in [-0.15, -0.1) is 0 Å². The molecule has 4 heteroatoms. The summed E-state index contributed by atoms with van der Waals surface area (Å²) in [5.74, 6) is 0.445. The lowest BCUT2D eigenvalue weighted by molar-refractivity contribution is -0.117. The van der Waals surface area contributed by atoms with Crippen LogP contribution in [0.25, 0.3) is 0 Å². The van der Waals surface area contributed by atoms with E-state index in [2.05, 4.69) is 17.5 Å². The molecule has 0 heterocycles. The predicted octanol–water partition coefficient (Wildman–Crippen LogP) is 0.423. The summed E-state index contributed by atoms with van der Waals surface area (Å²) in [5, 5.41) is 2.38. The van der Waals surface area contributed by atoms with Gasteiger partial charge >= 0.3 is 0 Å². The second-order valence-electron chi connectivity index (χ2n) is 1.12. The highest BCUT2D eigenvalue weighted by molar-refractivity contribution is 7.99. The first-order valence-corrected chi connectivity index (χ1v) is 3.89. The van der Waals surface area contributed by atoms with Crippen LogP contribution in [0.5, 0.6) is 0 Å². The topological polar surface area (TPSA) is 29.1 Å². The third-order valence-corrected chi connectivity index (χ3v) is 1.16. The predicted molar refractivity (Wildman–Crippen MR) is 40.2 cm³/mol. The van der Waals surface area contributed by atoms with Crippen molar-refractivity contribution >= 4 is 35.4 Å². The number of hydrogen-bond donors (Lipinski definition) is 1. The average Bonchev–Trinajstić information content (AvgIpc) is 1.68. The van der Waals surface area contributed by atoms with E-state index in [0.29, 0.717) is 5.75 Å². The Labute approximate surface area is 58.0 Å². The van der Waals surface area contributed by atoms with E-state index in [0.717, 1.165) is 0 Å². The van der Waals surface area contributed by atoms with Crippen molar-refractivity contribution in [2.24, 2.45) is 0 Å². The molecule has 0 saturated carbocycles. The summed E-state index contributed by atoms with van der Waals surface area (Å²) in [6, 6.07) is 0. The highest BCUT2D eigenvalue weighted by atomic mass is 32.2. The summed E-state index contributed by atoms with van der Waals surface area (Å²) in [7, 11) is 0. The van der Waals surface area contributed by atoms with Crippen LogP contribution in [0.15, 0.2) is 0 Å². The van der Waals surface area contributed by atoms with Gasteiger partial charge in [-0.25, -0.2) is 0 Å². The van der Waals surface area contributed by atoms with Crippen LogP contribution in [0.4, 0.5) is 0 Å². The average molecular weight is 149 g/mol. The SMILES string of the molecule is CSCC(=O)NC=S. The van der Waals surface area contributed by atoms with E-state index in [1.807, 2.05) is 6.26 Å². The Morgan fingerprint density at radius 3 is 3.00 bits per heavy atom. The summed E-state index contributed by atoms with van der Waals surface area (Å²) in [5.41, 5.74) is 1.22.